The van der Waals surface area contributed by atoms with Gasteiger partial charge in [-0.1, -0.05) is 0 Å². The van der Waals surface area contributed by atoms with Gasteiger partial charge in [0, 0.05) is 30.4 Å². The molecule has 0 aliphatic heterocycles. The van der Waals surface area contributed by atoms with Crippen LogP contribution in [0.1, 0.15) is 16.1 Å². The van der Waals surface area contributed by atoms with Crippen LogP contribution in [0.2, 0.25) is 0 Å². The average Bonchev–Trinajstić information content (AvgIpc) is 2.84. The minimum absolute atomic E-state index is 0.00295. The first-order valence-corrected chi connectivity index (χ1v) is 7.23. The minimum atomic E-state index is -0.836. The zero-order valence-electron chi connectivity index (χ0n) is 11.3. The third-order valence-electron chi connectivity index (χ3n) is 2.99. The third kappa shape index (κ3) is 4.40. The summed E-state index contributed by atoms with van der Waals surface area (Å²) in [6.07, 6.45) is 4.54. The van der Waals surface area contributed by atoms with E-state index in [-0.39, 0.29) is 6.42 Å². The van der Waals surface area contributed by atoms with E-state index in [0.717, 1.165) is 24.4 Å². The highest BCUT2D eigenvalue weighted by atomic mass is 32.1. The Kier molecular flexibility index (Phi) is 5.20. The number of likely N-dealkylation sites (N-methyl/N-ethyl adjacent to an activating group) is 1. The van der Waals surface area contributed by atoms with E-state index in [0.29, 0.717) is 5.69 Å². The van der Waals surface area contributed by atoms with E-state index < -0.39 is 5.97 Å². The number of hydrogen-bond donors (Lipinski definition) is 1. The second-order valence-corrected chi connectivity index (χ2v) is 5.58. The van der Waals surface area contributed by atoms with Crippen molar-refractivity contribution in [3.8, 4) is 0 Å². The molecule has 106 valence electrons. The lowest BCUT2D eigenvalue weighted by molar-refractivity contribution is -0.136. The van der Waals surface area contributed by atoms with Gasteiger partial charge in [0.25, 0.3) is 0 Å². The summed E-state index contributed by atoms with van der Waals surface area (Å²) >= 11 is 1.52. The number of aliphatic carboxylic acids is 1. The lowest BCUT2D eigenvalue weighted by atomic mass is 10.2. The molecule has 0 aliphatic carbocycles. The van der Waals surface area contributed by atoms with Gasteiger partial charge in [0.15, 0.2) is 0 Å². The summed E-state index contributed by atoms with van der Waals surface area (Å²) in [5.41, 5.74) is 3.64. The monoisotopic (exact) mass is 291 g/mol. The Morgan fingerprint density at radius 1 is 1.40 bits per heavy atom. The summed E-state index contributed by atoms with van der Waals surface area (Å²) in [7, 11) is 2.03. The molecular weight excluding hydrogens is 274 g/mol. The molecule has 0 saturated carbocycles. The van der Waals surface area contributed by atoms with E-state index in [9.17, 15) is 4.79 Å². The summed E-state index contributed by atoms with van der Waals surface area (Å²) in [5.74, 6) is -0.836. The van der Waals surface area contributed by atoms with Gasteiger partial charge in [0.1, 0.15) is 0 Å². The number of pyridine rings is 1. The number of nitrogens with zero attached hydrogens (tertiary/aromatic N) is 3. The van der Waals surface area contributed by atoms with E-state index in [1.165, 1.54) is 16.9 Å². The molecule has 5 nitrogen and oxygen atoms in total. The number of carbonyl (C=O) groups is 1. The molecule has 0 spiro atoms. The molecule has 0 bridgehead atoms. The fourth-order valence-corrected chi connectivity index (χ4v) is 2.77. The molecular formula is C14H17N3O2S. The molecule has 0 atom stereocenters. The lowest BCUT2D eigenvalue weighted by Crippen LogP contribution is -2.21. The first-order valence-electron chi connectivity index (χ1n) is 6.35. The molecule has 2 aromatic rings. The van der Waals surface area contributed by atoms with Crippen molar-refractivity contribution in [1.82, 2.24) is 14.9 Å². The van der Waals surface area contributed by atoms with Gasteiger partial charge in [-0.15, -0.1) is 11.3 Å². The van der Waals surface area contributed by atoms with Gasteiger partial charge >= 0.3 is 5.97 Å². The van der Waals surface area contributed by atoms with E-state index in [4.69, 9.17) is 5.11 Å². The largest absolute Gasteiger partial charge is 0.481 e. The van der Waals surface area contributed by atoms with Crippen LogP contribution in [-0.2, 0) is 24.2 Å². The molecule has 0 aliphatic rings. The van der Waals surface area contributed by atoms with Gasteiger partial charge in [-0.05, 0) is 31.2 Å². The van der Waals surface area contributed by atoms with Crippen LogP contribution in [0.25, 0.3) is 0 Å². The molecule has 0 saturated heterocycles. The third-order valence-corrected chi connectivity index (χ3v) is 3.85. The fraction of sp³-hybridized carbons (Fsp3) is 0.357. The maximum atomic E-state index is 10.8. The number of aromatic nitrogens is 2. The van der Waals surface area contributed by atoms with Crippen LogP contribution in [0.5, 0.6) is 0 Å². The van der Waals surface area contributed by atoms with E-state index >= 15 is 0 Å². The second kappa shape index (κ2) is 7.12. The molecule has 2 aromatic heterocycles. The van der Waals surface area contributed by atoms with Crippen molar-refractivity contribution in [2.75, 3.05) is 13.6 Å². The molecule has 0 fully saturated rings. The summed E-state index contributed by atoms with van der Waals surface area (Å²) < 4.78 is 0. The molecule has 6 heteroatoms. The Morgan fingerprint density at radius 2 is 2.15 bits per heavy atom. The van der Waals surface area contributed by atoms with Crippen molar-refractivity contribution in [3.63, 3.8) is 0 Å². The Balaban J connectivity index is 1.87. The predicted octanol–water partition coefficient (Wildman–Crippen LogP) is 1.84. The first-order chi connectivity index (χ1) is 9.65. The zero-order chi connectivity index (χ0) is 14.4. The van der Waals surface area contributed by atoms with Crippen LogP contribution >= 0.6 is 11.3 Å². The molecule has 0 amide bonds. The number of thiazole rings is 1. The van der Waals surface area contributed by atoms with Gasteiger partial charge < -0.3 is 10.0 Å². The van der Waals surface area contributed by atoms with Crippen molar-refractivity contribution in [2.24, 2.45) is 0 Å². The maximum Gasteiger partial charge on any atom is 0.309 e. The SMILES string of the molecule is CN(CCc1ccncc1)Cc1scnc1CC(=O)O. The number of carboxylic acid groups (broad SMARTS) is 1. The number of hydrogen-bond acceptors (Lipinski definition) is 5. The topological polar surface area (TPSA) is 66.3 Å². The van der Waals surface area contributed by atoms with Crippen molar-refractivity contribution < 1.29 is 9.90 Å². The molecule has 2 rings (SSSR count). The first kappa shape index (κ1) is 14.6. The molecule has 0 radical (unpaired) electrons. The fourth-order valence-electron chi connectivity index (χ4n) is 1.90. The van der Waals surface area contributed by atoms with E-state index in [2.05, 4.69) is 14.9 Å². The van der Waals surface area contributed by atoms with Crippen LogP contribution in [0, 0.1) is 0 Å². The van der Waals surface area contributed by atoms with Crippen LogP contribution < -0.4 is 0 Å². The van der Waals surface area contributed by atoms with Gasteiger partial charge in [-0.2, -0.15) is 0 Å². The van der Waals surface area contributed by atoms with Crippen molar-refractivity contribution in [1.29, 1.82) is 0 Å². The van der Waals surface area contributed by atoms with Crippen LogP contribution in [0.3, 0.4) is 0 Å². The van der Waals surface area contributed by atoms with E-state index in [1.807, 2.05) is 19.2 Å². The van der Waals surface area contributed by atoms with Crippen LogP contribution in [0.15, 0.2) is 30.0 Å². The Labute approximate surface area is 121 Å². The molecule has 20 heavy (non-hydrogen) atoms. The molecule has 0 unspecified atom stereocenters. The van der Waals surface area contributed by atoms with Gasteiger partial charge in [-0.3, -0.25) is 9.78 Å². The lowest BCUT2D eigenvalue weighted by Gasteiger charge is -2.16. The predicted molar refractivity (Wildman–Crippen MR) is 77.7 cm³/mol. The maximum absolute atomic E-state index is 10.8. The highest BCUT2D eigenvalue weighted by Crippen LogP contribution is 2.16. The van der Waals surface area contributed by atoms with Crippen molar-refractivity contribution in [2.45, 2.75) is 19.4 Å². The van der Waals surface area contributed by atoms with Gasteiger partial charge in [-0.25, -0.2) is 4.98 Å². The summed E-state index contributed by atoms with van der Waals surface area (Å²) in [5, 5.41) is 8.84. The summed E-state index contributed by atoms with van der Waals surface area (Å²) in [6.45, 7) is 1.65. The molecule has 2 heterocycles. The van der Waals surface area contributed by atoms with E-state index in [1.54, 1.807) is 17.9 Å². The molecule has 1 N–H and O–H groups in total. The summed E-state index contributed by atoms with van der Waals surface area (Å²) in [4.78, 5) is 22.1. The standard InChI is InChI=1S/C14H17N3O2S/c1-17(7-4-11-2-5-15-6-3-11)9-13-12(8-14(18)19)16-10-20-13/h2-3,5-6,10H,4,7-9H2,1H3,(H,18,19). The van der Waals surface area contributed by atoms with Crippen LogP contribution in [-0.4, -0.2) is 39.5 Å². The second-order valence-electron chi connectivity index (χ2n) is 4.64. The Morgan fingerprint density at radius 3 is 2.85 bits per heavy atom. The summed E-state index contributed by atoms with van der Waals surface area (Å²) in [6, 6.07) is 4.02. The quantitative estimate of drug-likeness (QED) is 0.843. The van der Waals surface area contributed by atoms with Gasteiger partial charge in [0.05, 0.1) is 17.6 Å². The average molecular weight is 291 g/mol. The Hall–Kier alpha value is -1.79. The number of carboxylic acids is 1. The van der Waals surface area contributed by atoms with Gasteiger partial charge in [0.2, 0.25) is 0 Å². The highest BCUT2D eigenvalue weighted by molar-refractivity contribution is 7.09. The molecule has 0 aromatic carbocycles. The number of rotatable bonds is 7. The van der Waals surface area contributed by atoms with Crippen LogP contribution in [0.4, 0.5) is 0 Å². The Bertz CT molecular complexity index is 557. The van der Waals surface area contributed by atoms with Crippen molar-refractivity contribution in [3.05, 3.63) is 46.2 Å². The zero-order valence-corrected chi connectivity index (χ0v) is 12.1. The smallest absolute Gasteiger partial charge is 0.309 e. The minimum Gasteiger partial charge on any atom is -0.481 e. The normalized spacial score (nSPS) is 10.9. The highest BCUT2D eigenvalue weighted by Gasteiger charge is 2.12. The van der Waals surface area contributed by atoms with Crippen molar-refractivity contribution >= 4 is 17.3 Å².